The number of hydrogen-bond acceptors (Lipinski definition) is 0. The van der Waals surface area contributed by atoms with E-state index < -0.39 is 0 Å². The van der Waals surface area contributed by atoms with Gasteiger partial charge in [0.05, 0.1) is 22.0 Å². The molecule has 1 atom stereocenters. The van der Waals surface area contributed by atoms with Gasteiger partial charge in [0.1, 0.15) is 0 Å². The molecule has 0 radical (unpaired) electrons. The molecular weight excluding hydrogens is 663 g/mol. The van der Waals surface area contributed by atoms with Crippen LogP contribution in [-0.4, -0.2) is 4.40 Å². The minimum absolute atomic E-state index is 0.0789. The van der Waals surface area contributed by atoms with E-state index in [4.69, 9.17) is 0 Å². The Morgan fingerprint density at radius 1 is 0.382 bits per heavy atom. The molecule has 2 aromatic heterocycles. The predicted molar refractivity (Wildman–Crippen MR) is 228 cm³/mol. The molecule has 0 saturated carbocycles. The molecule has 0 saturated heterocycles. The Morgan fingerprint density at radius 2 is 0.909 bits per heavy atom. The Labute approximate surface area is 317 Å². The summed E-state index contributed by atoms with van der Waals surface area (Å²) in [6.07, 6.45) is 0. The van der Waals surface area contributed by atoms with Gasteiger partial charge in [-0.15, -0.1) is 0 Å². The van der Waals surface area contributed by atoms with E-state index in [0.29, 0.717) is 0 Å². The van der Waals surface area contributed by atoms with E-state index in [1.165, 1.54) is 121 Å². The summed E-state index contributed by atoms with van der Waals surface area (Å²) in [5.74, 6) is 0.0789. The van der Waals surface area contributed by atoms with Gasteiger partial charge in [-0.25, -0.2) is 0 Å². The first-order valence-corrected chi connectivity index (χ1v) is 19.5. The van der Waals surface area contributed by atoms with Gasteiger partial charge in [-0.3, -0.25) is 0 Å². The van der Waals surface area contributed by atoms with Crippen LogP contribution in [0.15, 0.2) is 182 Å². The molecule has 0 aliphatic heterocycles. The lowest BCUT2D eigenvalue weighted by Crippen LogP contribution is -2.26. The highest BCUT2D eigenvalue weighted by Crippen LogP contribution is 2.64. The molecule has 55 heavy (non-hydrogen) atoms. The third-order valence-electron chi connectivity index (χ3n) is 13.6. The quantitative estimate of drug-likeness (QED) is 0.161. The zero-order valence-electron chi connectivity index (χ0n) is 29.8. The molecule has 2 heterocycles. The number of benzene rings is 9. The van der Waals surface area contributed by atoms with Crippen LogP contribution in [0.3, 0.4) is 0 Å². The van der Waals surface area contributed by atoms with Gasteiger partial charge < -0.3 is 4.40 Å². The van der Waals surface area contributed by atoms with Gasteiger partial charge in [-0.2, -0.15) is 0 Å². The van der Waals surface area contributed by atoms with Crippen LogP contribution >= 0.6 is 0 Å². The first-order valence-electron chi connectivity index (χ1n) is 19.5. The fourth-order valence-electron chi connectivity index (χ4n) is 11.7. The Bertz CT molecular complexity index is 3440. The highest BCUT2D eigenvalue weighted by atomic mass is 14.9. The van der Waals surface area contributed by atoms with Crippen molar-refractivity contribution in [1.29, 1.82) is 0 Å². The topological polar surface area (TPSA) is 4.41 Å². The van der Waals surface area contributed by atoms with E-state index in [9.17, 15) is 0 Å². The van der Waals surface area contributed by atoms with Crippen molar-refractivity contribution < 1.29 is 0 Å². The fourth-order valence-corrected chi connectivity index (χ4v) is 11.7. The Morgan fingerprint density at radius 3 is 1.64 bits per heavy atom. The zero-order chi connectivity index (χ0) is 35.6. The van der Waals surface area contributed by atoms with Crippen LogP contribution in [0.5, 0.6) is 0 Å². The maximum absolute atomic E-state index is 2.60. The second kappa shape index (κ2) is 9.77. The lowest BCUT2D eigenvalue weighted by atomic mass is 9.70. The van der Waals surface area contributed by atoms with E-state index in [2.05, 4.69) is 186 Å². The molecular formula is C54H31N. The van der Waals surface area contributed by atoms with Crippen molar-refractivity contribution in [1.82, 2.24) is 4.40 Å². The molecule has 1 spiro atoms. The number of nitrogens with zero attached hydrogens (tertiary/aromatic N) is 1. The smallest absolute Gasteiger partial charge is 0.0725 e. The minimum atomic E-state index is -0.379. The summed E-state index contributed by atoms with van der Waals surface area (Å²) in [5.41, 5.74) is 21.4. The van der Waals surface area contributed by atoms with E-state index in [-0.39, 0.29) is 11.3 Å². The van der Waals surface area contributed by atoms with Crippen LogP contribution in [0.25, 0.3) is 82.2 Å². The van der Waals surface area contributed by atoms with Crippen molar-refractivity contribution in [2.45, 2.75) is 11.3 Å². The average molecular weight is 694 g/mol. The second-order valence-electron chi connectivity index (χ2n) is 15.8. The van der Waals surface area contributed by atoms with E-state index in [1.807, 2.05) is 0 Å². The molecule has 1 heteroatoms. The van der Waals surface area contributed by atoms with Crippen molar-refractivity contribution in [3.63, 3.8) is 0 Å². The standard InChI is InChI=1S/C54H31N/c1-2-19-38-37(18-1)48(49-39-20-3-4-21-41(39)53-51(50(38)49)42-23-13-22-40-36-17-8-12-27-47(36)55(53)52(40)42)31-28-29-35-34-16-7-11-26-45(34)54(46(35)30-31)43-24-9-5-14-32(43)33-15-6-10-25-44(33)54/h1-30,48H. The largest absolute Gasteiger partial charge is 0.307 e. The molecule has 1 unspecified atom stereocenters. The van der Waals surface area contributed by atoms with Gasteiger partial charge in [-0.05, 0) is 83.8 Å². The van der Waals surface area contributed by atoms with Gasteiger partial charge >= 0.3 is 0 Å². The minimum Gasteiger partial charge on any atom is -0.307 e. The summed E-state index contributed by atoms with van der Waals surface area (Å²) in [6, 6.07) is 69.2. The van der Waals surface area contributed by atoms with Gasteiger partial charge in [-0.1, -0.05) is 176 Å². The van der Waals surface area contributed by atoms with Crippen LogP contribution in [0.4, 0.5) is 0 Å². The summed E-state index contributed by atoms with van der Waals surface area (Å²) in [4.78, 5) is 0. The summed E-state index contributed by atoms with van der Waals surface area (Å²) in [6.45, 7) is 0. The molecule has 3 aliphatic carbocycles. The number of hydrogen-bond donors (Lipinski definition) is 0. The number of rotatable bonds is 1. The SMILES string of the molecule is c1ccc2c(c1)-c1c(c3ccccc3c3c1c1cccc4c5ccccc5n3c41)C2c1ccc2c(c1)C1(c3ccccc3-c3ccccc31)c1ccccc1-2. The molecule has 0 N–H and O–H groups in total. The van der Waals surface area contributed by atoms with Gasteiger partial charge in [0.15, 0.2) is 0 Å². The van der Waals surface area contributed by atoms with Crippen LogP contribution in [0.2, 0.25) is 0 Å². The monoisotopic (exact) mass is 693 g/mol. The van der Waals surface area contributed by atoms with Gasteiger partial charge in [0.25, 0.3) is 0 Å². The van der Waals surface area contributed by atoms with Crippen LogP contribution in [-0.2, 0) is 5.41 Å². The van der Waals surface area contributed by atoms with Crippen molar-refractivity contribution in [2.24, 2.45) is 0 Å². The lowest BCUT2D eigenvalue weighted by molar-refractivity contribution is 0.790. The first-order chi connectivity index (χ1) is 27.3. The van der Waals surface area contributed by atoms with Crippen molar-refractivity contribution in [3.8, 4) is 33.4 Å². The Balaban J connectivity index is 1.13. The van der Waals surface area contributed by atoms with Crippen LogP contribution in [0.1, 0.15) is 44.9 Å². The fraction of sp³-hybridized carbons (Fsp3) is 0.0370. The highest BCUT2D eigenvalue weighted by Gasteiger charge is 2.52. The number of aromatic nitrogens is 1. The number of para-hydroxylation sites is 2. The maximum atomic E-state index is 2.60. The van der Waals surface area contributed by atoms with E-state index in [0.717, 1.165) is 0 Å². The van der Waals surface area contributed by atoms with Gasteiger partial charge in [0.2, 0.25) is 0 Å². The van der Waals surface area contributed by atoms with Crippen LogP contribution < -0.4 is 0 Å². The van der Waals surface area contributed by atoms with E-state index in [1.54, 1.807) is 0 Å². The van der Waals surface area contributed by atoms with Crippen molar-refractivity contribution in [3.05, 3.63) is 221 Å². The van der Waals surface area contributed by atoms with Gasteiger partial charge in [0, 0.05) is 32.8 Å². The molecule has 0 amide bonds. The average Bonchev–Trinajstić information content (AvgIpc) is 4.03. The predicted octanol–water partition coefficient (Wildman–Crippen LogP) is 13.5. The molecule has 0 bridgehead atoms. The highest BCUT2D eigenvalue weighted by molar-refractivity contribution is 6.32. The summed E-state index contributed by atoms with van der Waals surface area (Å²) < 4.78 is 2.57. The molecule has 1 nitrogen and oxygen atoms in total. The molecule has 252 valence electrons. The summed E-state index contributed by atoms with van der Waals surface area (Å²) in [5, 5.41) is 8.01. The maximum Gasteiger partial charge on any atom is 0.0725 e. The molecule has 0 fully saturated rings. The zero-order valence-corrected chi connectivity index (χ0v) is 29.8. The Kier molecular flexibility index (Phi) is 5.07. The summed E-state index contributed by atoms with van der Waals surface area (Å²) in [7, 11) is 0. The van der Waals surface area contributed by atoms with Crippen LogP contribution in [0, 0.1) is 0 Å². The van der Waals surface area contributed by atoms with Crippen molar-refractivity contribution >= 4 is 48.9 Å². The molecule has 9 aromatic carbocycles. The van der Waals surface area contributed by atoms with E-state index >= 15 is 0 Å². The number of fused-ring (bicyclic) bond motifs is 23. The van der Waals surface area contributed by atoms with Crippen molar-refractivity contribution in [2.75, 3.05) is 0 Å². The normalized spacial score (nSPS) is 15.6. The first kappa shape index (κ1) is 28.5. The second-order valence-corrected chi connectivity index (χ2v) is 15.8. The third-order valence-corrected chi connectivity index (χ3v) is 13.6. The Hall–Kier alpha value is -6.96. The summed E-state index contributed by atoms with van der Waals surface area (Å²) >= 11 is 0. The molecule has 11 aromatic rings. The molecule has 14 rings (SSSR count). The third kappa shape index (κ3) is 3.15. The molecule has 3 aliphatic rings. The lowest BCUT2D eigenvalue weighted by Gasteiger charge is -2.31.